The average Bonchev–Trinajstić information content (AvgIpc) is 2.66. The Kier molecular flexibility index (Phi) is 8.56. The van der Waals surface area contributed by atoms with Gasteiger partial charge in [0.05, 0.1) is 5.92 Å². The summed E-state index contributed by atoms with van der Waals surface area (Å²) in [6, 6.07) is 9.15. The molecule has 1 aromatic rings. The van der Waals surface area contributed by atoms with Crippen molar-refractivity contribution in [3.63, 3.8) is 0 Å². The van der Waals surface area contributed by atoms with Gasteiger partial charge in [0.1, 0.15) is 12.2 Å². The first kappa shape index (κ1) is 23.3. The SMILES string of the molecule is CC(=O)SCC(C(=O)OC(C)(C)C)C1CCCCN1C(=O)OCc1ccccc1. The van der Waals surface area contributed by atoms with Crippen LogP contribution in [-0.2, 0) is 25.7 Å². The summed E-state index contributed by atoms with van der Waals surface area (Å²) in [5.74, 6) is -0.663. The van der Waals surface area contributed by atoms with Gasteiger partial charge in [-0.15, -0.1) is 0 Å². The first-order chi connectivity index (χ1) is 13.7. The Labute approximate surface area is 177 Å². The van der Waals surface area contributed by atoms with Crippen LogP contribution in [0.2, 0.25) is 0 Å². The molecule has 1 aliphatic heterocycles. The van der Waals surface area contributed by atoms with E-state index in [2.05, 4.69) is 0 Å². The largest absolute Gasteiger partial charge is 0.460 e. The molecule has 2 rings (SSSR count). The maximum Gasteiger partial charge on any atom is 0.410 e. The molecule has 2 unspecified atom stereocenters. The highest BCUT2D eigenvalue weighted by atomic mass is 32.2. The molecule has 29 heavy (non-hydrogen) atoms. The molecule has 1 aliphatic rings. The molecule has 0 spiro atoms. The number of rotatable bonds is 6. The highest BCUT2D eigenvalue weighted by Crippen LogP contribution is 2.29. The highest BCUT2D eigenvalue weighted by Gasteiger charge is 2.39. The minimum Gasteiger partial charge on any atom is -0.460 e. The molecular formula is C22H31NO5S. The molecule has 1 aromatic carbocycles. The number of benzene rings is 1. The van der Waals surface area contributed by atoms with Gasteiger partial charge in [-0.05, 0) is 45.6 Å². The van der Waals surface area contributed by atoms with Crippen molar-refractivity contribution in [1.82, 2.24) is 4.90 Å². The van der Waals surface area contributed by atoms with Gasteiger partial charge >= 0.3 is 12.1 Å². The van der Waals surface area contributed by atoms with Crippen molar-refractivity contribution in [2.45, 2.75) is 65.2 Å². The Morgan fingerprint density at radius 2 is 1.86 bits per heavy atom. The van der Waals surface area contributed by atoms with Crippen molar-refractivity contribution < 1.29 is 23.9 Å². The van der Waals surface area contributed by atoms with Crippen LogP contribution in [0.3, 0.4) is 0 Å². The Bertz CT molecular complexity index is 701. The second-order valence-corrected chi connectivity index (χ2v) is 9.44. The van der Waals surface area contributed by atoms with Crippen LogP contribution in [0.25, 0.3) is 0 Å². The van der Waals surface area contributed by atoms with Crippen LogP contribution in [0.5, 0.6) is 0 Å². The van der Waals surface area contributed by atoms with E-state index >= 15 is 0 Å². The summed E-state index contributed by atoms with van der Waals surface area (Å²) in [6.45, 7) is 7.63. The van der Waals surface area contributed by atoms with E-state index in [0.29, 0.717) is 13.0 Å². The smallest absolute Gasteiger partial charge is 0.410 e. The van der Waals surface area contributed by atoms with E-state index in [1.807, 2.05) is 51.1 Å². The maximum absolute atomic E-state index is 12.9. The summed E-state index contributed by atoms with van der Waals surface area (Å²) in [6.07, 6.45) is 2.03. The minimum absolute atomic E-state index is 0.0624. The highest BCUT2D eigenvalue weighted by molar-refractivity contribution is 8.13. The van der Waals surface area contributed by atoms with E-state index in [-0.39, 0.29) is 29.5 Å². The Hall–Kier alpha value is -2.02. The van der Waals surface area contributed by atoms with Crippen LogP contribution in [0, 0.1) is 5.92 Å². The molecule has 1 saturated heterocycles. The van der Waals surface area contributed by atoms with E-state index in [9.17, 15) is 14.4 Å². The molecule has 2 atom stereocenters. The number of hydrogen-bond donors (Lipinski definition) is 0. The van der Waals surface area contributed by atoms with Gasteiger partial charge in [-0.3, -0.25) is 9.59 Å². The fourth-order valence-corrected chi connectivity index (χ4v) is 4.10. The number of likely N-dealkylation sites (tertiary alicyclic amines) is 1. The number of amides is 1. The normalized spacial score (nSPS) is 18.1. The summed E-state index contributed by atoms with van der Waals surface area (Å²) >= 11 is 1.09. The number of nitrogens with zero attached hydrogens (tertiary/aromatic N) is 1. The number of ether oxygens (including phenoxy) is 2. The fourth-order valence-electron chi connectivity index (χ4n) is 3.33. The maximum atomic E-state index is 12.9. The summed E-state index contributed by atoms with van der Waals surface area (Å²) in [4.78, 5) is 38.9. The van der Waals surface area contributed by atoms with E-state index in [0.717, 1.165) is 30.2 Å². The lowest BCUT2D eigenvalue weighted by atomic mass is 9.91. The van der Waals surface area contributed by atoms with Gasteiger partial charge in [0.25, 0.3) is 0 Å². The molecule has 1 fully saturated rings. The fraction of sp³-hybridized carbons (Fsp3) is 0.591. The number of hydrogen-bond acceptors (Lipinski definition) is 6. The molecule has 0 aromatic heterocycles. The third-order valence-electron chi connectivity index (χ3n) is 4.63. The zero-order chi connectivity index (χ0) is 21.4. The van der Waals surface area contributed by atoms with Crippen LogP contribution < -0.4 is 0 Å². The van der Waals surface area contributed by atoms with Gasteiger partial charge in [0.15, 0.2) is 5.12 Å². The van der Waals surface area contributed by atoms with Gasteiger partial charge in [0.2, 0.25) is 0 Å². The van der Waals surface area contributed by atoms with Crippen molar-refractivity contribution in [3.8, 4) is 0 Å². The van der Waals surface area contributed by atoms with Crippen LogP contribution in [0.4, 0.5) is 4.79 Å². The predicted octanol–water partition coefficient (Wildman–Crippen LogP) is 4.42. The molecule has 0 aliphatic carbocycles. The number of thioether (sulfide) groups is 1. The minimum atomic E-state index is -0.635. The van der Waals surface area contributed by atoms with Gasteiger partial charge in [0, 0.05) is 25.3 Å². The molecule has 7 heteroatoms. The first-order valence-electron chi connectivity index (χ1n) is 10.0. The van der Waals surface area contributed by atoms with Crippen molar-refractivity contribution in [3.05, 3.63) is 35.9 Å². The van der Waals surface area contributed by atoms with E-state index < -0.39 is 17.6 Å². The Morgan fingerprint density at radius 1 is 1.17 bits per heavy atom. The molecule has 0 radical (unpaired) electrons. The van der Waals surface area contributed by atoms with E-state index in [4.69, 9.17) is 9.47 Å². The van der Waals surface area contributed by atoms with Crippen LogP contribution in [0.15, 0.2) is 30.3 Å². The predicted molar refractivity (Wildman–Crippen MR) is 113 cm³/mol. The first-order valence-corrected chi connectivity index (χ1v) is 11.0. The second kappa shape index (κ2) is 10.7. The lowest BCUT2D eigenvalue weighted by molar-refractivity contribution is -0.161. The number of piperidine rings is 1. The third kappa shape index (κ3) is 7.72. The number of carbonyl (C=O) groups is 3. The monoisotopic (exact) mass is 421 g/mol. The standard InChI is InChI=1S/C22H31NO5S/c1-16(24)29-15-18(20(25)28-22(2,3)4)19-12-8-9-13-23(19)21(26)27-14-17-10-6-5-7-11-17/h5-7,10-11,18-19H,8-9,12-15H2,1-4H3. The Morgan fingerprint density at radius 3 is 2.48 bits per heavy atom. The van der Waals surface area contributed by atoms with Gasteiger partial charge in [-0.25, -0.2) is 4.79 Å². The van der Waals surface area contributed by atoms with Gasteiger partial charge in [-0.1, -0.05) is 42.1 Å². The van der Waals surface area contributed by atoms with Crippen LogP contribution >= 0.6 is 11.8 Å². The quantitative estimate of drug-likeness (QED) is 0.633. The summed E-state index contributed by atoms with van der Waals surface area (Å²) in [5.41, 5.74) is 0.272. The number of carbonyl (C=O) groups excluding carboxylic acids is 3. The van der Waals surface area contributed by atoms with Gasteiger partial charge in [-0.2, -0.15) is 0 Å². The second-order valence-electron chi connectivity index (χ2n) is 8.24. The summed E-state index contributed by atoms with van der Waals surface area (Å²) in [5, 5.41) is -0.0624. The van der Waals surface area contributed by atoms with Crippen molar-refractivity contribution in [2.24, 2.45) is 5.92 Å². The summed E-state index contributed by atoms with van der Waals surface area (Å²) in [7, 11) is 0. The van der Waals surface area contributed by atoms with Gasteiger partial charge < -0.3 is 14.4 Å². The molecule has 160 valence electrons. The van der Waals surface area contributed by atoms with E-state index in [1.165, 1.54) is 6.92 Å². The van der Waals surface area contributed by atoms with Crippen LogP contribution in [0.1, 0.15) is 52.5 Å². The zero-order valence-corrected chi connectivity index (χ0v) is 18.5. The van der Waals surface area contributed by atoms with Crippen molar-refractivity contribution >= 4 is 28.9 Å². The lowest BCUT2D eigenvalue weighted by Gasteiger charge is -2.39. The van der Waals surface area contributed by atoms with E-state index in [1.54, 1.807) is 4.90 Å². The van der Waals surface area contributed by atoms with Crippen molar-refractivity contribution in [1.29, 1.82) is 0 Å². The average molecular weight is 422 g/mol. The summed E-state index contributed by atoms with van der Waals surface area (Å²) < 4.78 is 11.1. The third-order valence-corrected chi connectivity index (χ3v) is 5.56. The molecule has 6 nitrogen and oxygen atoms in total. The molecule has 0 bridgehead atoms. The molecule has 0 saturated carbocycles. The van der Waals surface area contributed by atoms with Crippen molar-refractivity contribution in [2.75, 3.05) is 12.3 Å². The molecule has 0 N–H and O–H groups in total. The Balaban J connectivity index is 2.13. The number of esters is 1. The van der Waals surface area contributed by atoms with Crippen LogP contribution in [-0.4, -0.2) is 46.0 Å². The topological polar surface area (TPSA) is 72.9 Å². The zero-order valence-electron chi connectivity index (χ0n) is 17.7. The molecule has 1 amide bonds. The molecular weight excluding hydrogens is 390 g/mol. The molecule has 1 heterocycles. The lowest BCUT2D eigenvalue weighted by Crippen LogP contribution is -2.51.